The third kappa shape index (κ3) is 9.22. The molecule has 0 unspecified atom stereocenters. The van der Waals surface area contributed by atoms with Crippen LogP contribution in [-0.2, 0) is 27.2 Å². The lowest BCUT2D eigenvalue weighted by molar-refractivity contribution is -0.139. The van der Waals surface area contributed by atoms with E-state index in [9.17, 15) is 14.4 Å². The molecule has 0 spiro atoms. The van der Waals surface area contributed by atoms with Crippen molar-refractivity contribution < 1.29 is 29.3 Å². The lowest BCUT2D eigenvalue weighted by Gasteiger charge is -2.03. The van der Waals surface area contributed by atoms with E-state index < -0.39 is 5.97 Å². The zero-order valence-corrected chi connectivity index (χ0v) is 14.8. The zero-order chi connectivity index (χ0) is 19.5. The van der Waals surface area contributed by atoms with E-state index in [1.54, 1.807) is 55.5 Å². The molecule has 0 bridgehead atoms. The van der Waals surface area contributed by atoms with Gasteiger partial charge in [0.15, 0.2) is 6.61 Å². The minimum absolute atomic E-state index is 0.0919. The summed E-state index contributed by atoms with van der Waals surface area (Å²) >= 11 is 0. The van der Waals surface area contributed by atoms with Crippen LogP contribution in [0.5, 0.6) is 11.5 Å². The lowest BCUT2D eigenvalue weighted by Crippen LogP contribution is -2.09. The first-order valence-electron chi connectivity index (χ1n) is 7.96. The Bertz CT molecular complexity index is 732. The fourth-order valence-corrected chi connectivity index (χ4v) is 2.04. The standard InChI is InChI=1S/C11H12O4.C9H10O2/c1-8(12)6-9-2-4-10(5-3-9)15-7-11(13)14;1-7(10)6-8-2-4-9(11)5-3-8/h2-5H,6-7H2,1H3,(H,13,14);2-5,11H,6H2,1H3. The van der Waals surface area contributed by atoms with Gasteiger partial charge in [-0.25, -0.2) is 4.79 Å². The molecule has 2 aromatic rings. The van der Waals surface area contributed by atoms with Crippen molar-refractivity contribution in [2.75, 3.05) is 6.61 Å². The number of hydrogen-bond acceptors (Lipinski definition) is 5. The normalized spacial score (nSPS) is 9.62. The van der Waals surface area contributed by atoms with Crippen LogP contribution in [0.1, 0.15) is 25.0 Å². The van der Waals surface area contributed by atoms with Gasteiger partial charge in [0.1, 0.15) is 23.1 Å². The van der Waals surface area contributed by atoms with Gasteiger partial charge in [-0.2, -0.15) is 0 Å². The van der Waals surface area contributed by atoms with Crippen molar-refractivity contribution in [3.63, 3.8) is 0 Å². The Hall–Kier alpha value is -3.15. The molecular weight excluding hydrogens is 336 g/mol. The fraction of sp³-hybridized carbons (Fsp3) is 0.250. The maximum atomic E-state index is 10.8. The number of carbonyl (C=O) groups is 3. The third-order valence-corrected chi connectivity index (χ3v) is 3.13. The quantitative estimate of drug-likeness (QED) is 0.789. The molecule has 0 saturated carbocycles. The first kappa shape index (κ1) is 20.9. The van der Waals surface area contributed by atoms with Crippen molar-refractivity contribution >= 4 is 17.5 Å². The van der Waals surface area contributed by atoms with Gasteiger partial charge in [-0.15, -0.1) is 0 Å². The van der Waals surface area contributed by atoms with Crippen molar-refractivity contribution in [3.05, 3.63) is 59.7 Å². The number of benzene rings is 2. The maximum Gasteiger partial charge on any atom is 0.341 e. The summed E-state index contributed by atoms with van der Waals surface area (Å²) in [6.07, 6.45) is 0.833. The van der Waals surface area contributed by atoms with E-state index in [1.165, 1.54) is 6.92 Å². The monoisotopic (exact) mass is 358 g/mol. The van der Waals surface area contributed by atoms with Crippen LogP contribution >= 0.6 is 0 Å². The number of phenolic OH excluding ortho intramolecular Hbond substituents is 1. The minimum atomic E-state index is -1.01. The summed E-state index contributed by atoms with van der Waals surface area (Å²) in [6, 6.07) is 13.5. The van der Waals surface area contributed by atoms with E-state index in [-0.39, 0.29) is 23.9 Å². The Morgan fingerprint density at radius 3 is 1.62 bits per heavy atom. The number of hydrogen-bond donors (Lipinski definition) is 2. The summed E-state index contributed by atoms with van der Waals surface area (Å²) in [7, 11) is 0. The van der Waals surface area contributed by atoms with Gasteiger partial charge >= 0.3 is 5.97 Å². The number of carboxylic acids is 1. The number of Topliss-reactive ketones (excluding diaryl/α,β-unsaturated/α-hetero) is 2. The molecular formula is C20H22O6. The Balaban J connectivity index is 0.000000273. The number of ether oxygens (including phenoxy) is 1. The Labute approximate surface area is 152 Å². The molecule has 26 heavy (non-hydrogen) atoms. The predicted octanol–water partition coefficient (Wildman–Crippen LogP) is 2.81. The lowest BCUT2D eigenvalue weighted by atomic mass is 10.1. The van der Waals surface area contributed by atoms with E-state index >= 15 is 0 Å². The summed E-state index contributed by atoms with van der Waals surface area (Å²) < 4.78 is 4.94. The number of carbonyl (C=O) groups excluding carboxylic acids is 2. The fourth-order valence-electron chi connectivity index (χ4n) is 2.04. The average molecular weight is 358 g/mol. The van der Waals surface area contributed by atoms with Crippen molar-refractivity contribution in [3.8, 4) is 11.5 Å². The molecule has 2 N–H and O–H groups in total. The topological polar surface area (TPSA) is 101 Å². The highest BCUT2D eigenvalue weighted by Gasteiger charge is 2.01. The highest BCUT2D eigenvalue weighted by atomic mass is 16.5. The van der Waals surface area contributed by atoms with E-state index in [2.05, 4.69) is 0 Å². The van der Waals surface area contributed by atoms with E-state index in [0.717, 1.165) is 11.1 Å². The molecule has 0 aliphatic carbocycles. The van der Waals surface area contributed by atoms with Crippen LogP contribution < -0.4 is 4.74 Å². The Morgan fingerprint density at radius 1 is 0.808 bits per heavy atom. The third-order valence-electron chi connectivity index (χ3n) is 3.13. The Morgan fingerprint density at radius 2 is 1.23 bits per heavy atom. The molecule has 6 nitrogen and oxygen atoms in total. The molecule has 2 rings (SSSR count). The number of aromatic hydroxyl groups is 1. The van der Waals surface area contributed by atoms with Crippen molar-refractivity contribution in [1.82, 2.24) is 0 Å². The number of aliphatic carboxylic acids is 1. The highest BCUT2D eigenvalue weighted by molar-refractivity contribution is 5.78. The predicted molar refractivity (Wildman–Crippen MR) is 96.4 cm³/mol. The van der Waals surface area contributed by atoms with Crippen molar-refractivity contribution in [1.29, 1.82) is 0 Å². The summed E-state index contributed by atoms with van der Waals surface area (Å²) in [4.78, 5) is 31.7. The number of rotatable bonds is 7. The van der Waals surface area contributed by atoms with Gasteiger partial charge in [0.25, 0.3) is 0 Å². The summed E-state index contributed by atoms with van der Waals surface area (Å²) in [6.45, 7) is 2.72. The molecule has 0 fully saturated rings. The molecule has 0 aromatic heterocycles. The van der Waals surface area contributed by atoms with Crippen LogP contribution in [-0.4, -0.2) is 34.4 Å². The van der Waals surface area contributed by atoms with Gasteiger partial charge in [-0.05, 0) is 49.2 Å². The molecule has 0 aliphatic rings. The number of ketones is 2. The van der Waals surface area contributed by atoms with Crippen LogP contribution in [0.4, 0.5) is 0 Å². The second-order valence-electron chi connectivity index (χ2n) is 5.75. The average Bonchev–Trinajstić information content (AvgIpc) is 2.56. The molecule has 0 heterocycles. The Kier molecular flexibility index (Phi) is 8.57. The molecule has 0 atom stereocenters. The summed E-state index contributed by atoms with van der Waals surface area (Å²) in [5.41, 5.74) is 1.83. The first-order valence-corrected chi connectivity index (χ1v) is 7.96. The van der Waals surface area contributed by atoms with E-state index in [1.807, 2.05) is 0 Å². The summed E-state index contributed by atoms with van der Waals surface area (Å²) in [5.74, 6) is -0.0605. The van der Waals surface area contributed by atoms with Crippen LogP contribution in [0, 0.1) is 0 Å². The summed E-state index contributed by atoms with van der Waals surface area (Å²) in [5, 5.41) is 17.3. The molecule has 2 aromatic carbocycles. The largest absolute Gasteiger partial charge is 0.508 e. The molecule has 0 aliphatic heterocycles. The molecule has 0 amide bonds. The maximum absolute atomic E-state index is 10.8. The second kappa shape index (κ2) is 10.7. The zero-order valence-electron chi connectivity index (χ0n) is 14.8. The van der Waals surface area contributed by atoms with Gasteiger partial charge in [-0.1, -0.05) is 24.3 Å². The van der Waals surface area contributed by atoms with Crippen molar-refractivity contribution in [2.45, 2.75) is 26.7 Å². The van der Waals surface area contributed by atoms with Gasteiger partial charge in [-0.3, -0.25) is 9.59 Å². The van der Waals surface area contributed by atoms with Gasteiger partial charge < -0.3 is 14.9 Å². The van der Waals surface area contributed by atoms with Gasteiger partial charge in [0.2, 0.25) is 0 Å². The SMILES string of the molecule is CC(=O)Cc1ccc(O)cc1.CC(=O)Cc1ccc(OCC(=O)O)cc1. The molecule has 0 radical (unpaired) electrons. The molecule has 0 saturated heterocycles. The van der Waals surface area contributed by atoms with Crippen LogP contribution in [0.2, 0.25) is 0 Å². The molecule has 6 heteroatoms. The number of phenols is 1. The van der Waals surface area contributed by atoms with Crippen LogP contribution in [0.25, 0.3) is 0 Å². The van der Waals surface area contributed by atoms with Gasteiger partial charge in [0, 0.05) is 12.8 Å². The van der Waals surface area contributed by atoms with Crippen LogP contribution in [0.15, 0.2) is 48.5 Å². The number of carboxylic acid groups (broad SMARTS) is 1. The van der Waals surface area contributed by atoms with Crippen molar-refractivity contribution in [2.24, 2.45) is 0 Å². The van der Waals surface area contributed by atoms with E-state index in [0.29, 0.717) is 18.6 Å². The molecule has 138 valence electrons. The van der Waals surface area contributed by atoms with Crippen LogP contribution in [0.3, 0.4) is 0 Å². The minimum Gasteiger partial charge on any atom is -0.508 e. The van der Waals surface area contributed by atoms with Gasteiger partial charge in [0.05, 0.1) is 0 Å². The first-order chi connectivity index (χ1) is 12.3. The van der Waals surface area contributed by atoms with E-state index in [4.69, 9.17) is 14.9 Å². The smallest absolute Gasteiger partial charge is 0.341 e. The highest BCUT2D eigenvalue weighted by Crippen LogP contribution is 2.12. The second-order valence-corrected chi connectivity index (χ2v) is 5.75.